The number of para-hydroxylation sites is 5. The first-order chi connectivity index (χ1) is 40.0. The molecule has 2 atom stereocenters. The van der Waals surface area contributed by atoms with Gasteiger partial charge in [-0.25, -0.2) is 15.0 Å². The average Bonchev–Trinajstić information content (AvgIpc) is 4.22. The maximum absolute atomic E-state index is 5.64. The van der Waals surface area contributed by atoms with E-state index in [0.29, 0.717) is 17.5 Å². The molecule has 6 nitrogen and oxygen atoms in total. The summed E-state index contributed by atoms with van der Waals surface area (Å²) in [6, 6.07) is 87.9. The van der Waals surface area contributed by atoms with Crippen molar-refractivity contribution in [3.05, 3.63) is 273 Å². The van der Waals surface area contributed by atoms with E-state index in [2.05, 4.69) is 288 Å². The quantitative estimate of drug-likeness (QED) is 0.160. The Labute approximate surface area is 471 Å². The highest BCUT2D eigenvalue weighted by Crippen LogP contribution is 2.59. The Hall–Kier alpha value is -10.1. The zero-order chi connectivity index (χ0) is 53.3. The van der Waals surface area contributed by atoms with Crippen LogP contribution in [0.15, 0.2) is 272 Å². The van der Waals surface area contributed by atoms with E-state index in [1.54, 1.807) is 0 Å². The molecule has 0 fully saturated rings. The maximum Gasteiger partial charge on any atom is 0.164 e. The number of nitrogens with zero attached hydrogens (tertiary/aromatic N) is 6. The first-order valence-corrected chi connectivity index (χ1v) is 28.5. The van der Waals surface area contributed by atoms with Gasteiger partial charge in [0.05, 0.1) is 33.1 Å². The predicted molar refractivity (Wildman–Crippen MR) is 337 cm³/mol. The van der Waals surface area contributed by atoms with Crippen molar-refractivity contribution in [1.29, 1.82) is 0 Å². The molecule has 1 aliphatic carbocycles. The van der Waals surface area contributed by atoms with Gasteiger partial charge in [0, 0.05) is 81.6 Å². The predicted octanol–water partition coefficient (Wildman–Crippen LogP) is 19.1. The smallest absolute Gasteiger partial charge is 0.164 e. The molecule has 0 N–H and O–H groups in total. The lowest BCUT2D eigenvalue weighted by Gasteiger charge is -2.27. The summed E-state index contributed by atoms with van der Waals surface area (Å²) in [5.41, 5.74) is 16.3. The molecule has 0 amide bonds. The second kappa shape index (κ2) is 17.7. The molecule has 2 aliphatic rings. The van der Waals surface area contributed by atoms with Gasteiger partial charge >= 0.3 is 0 Å². The molecule has 0 spiro atoms. The van der Waals surface area contributed by atoms with E-state index in [1.807, 2.05) is 11.8 Å². The monoisotopic (exact) mass is 1050 g/mol. The number of hydrogen-bond donors (Lipinski definition) is 0. The molecular weight excluding hydrogens is 1000 g/mol. The summed E-state index contributed by atoms with van der Waals surface area (Å²) in [4.78, 5) is 18.1. The van der Waals surface area contributed by atoms with Gasteiger partial charge < -0.3 is 13.7 Å². The van der Waals surface area contributed by atoms with Gasteiger partial charge in [0.1, 0.15) is 0 Å². The minimum Gasteiger partial charge on any atom is -0.309 e. The average molecular weight is 1050 g/mol. The molecule has 1 aliphatic heterocycles. The standard InChI is InChI=1S/C74H48N6S/c1-74-40-17-16-30-63(74)60-29-18-28-58(70(60)81-74)61-45-52(80-66-33-15-12-27-55(66)62-41-46-19-8-9-20-47(46)42-69(62)80)36-39-59(61)73-76-71(48-34-37-56-53-25-10-13-31-64(53)78(67(56)43-48)50-21-4-2-5-22-50)75-72(77-73)49-35-38-57-54-26-11-14-32-65(54)79(68(57)44-49)51-23-6-3-7-24-51/h2-45,63H,1H3. The minimum atomic E-state index is -0.131. The molecule has 5 heterocycles. The SMILES string of the molecule is CC12C=CC=CC1c1cccc(-c3cc(-n4c5ccccc5c5cc6ccccc6cc54)ccc3-c3nc(-c4ccc5c6ccccc6n(-c6ccccc6)c5c4)nc(-c4ccc5c6ccccc6n(-c6ccccc6)c5c4)n3)c1S2. The fraction of sp³-hybridized carbons (Fsp3) is 0.0405. The van der Waals surface area contributed by atoms with Crippen LogP contribution < -0.4 is 0 Å². The van der Waals surface area contributed by atoms with Crippen LogP contribution in [0.4, 0.5) is 0 Å². The van der Waals surface area contributed by atoms with Crippen LogP contribution in [0, 0.1) is 0 Å². The molecule has 0 radical (unpaired) electrons. The third-order valence-corrected chi connectivity index (χ3v) is 18.5. The number of benzene rings is 11. The number of allylic oxidation sites excluding steroid dienone is 3. The van der Waals surface area contributed by atoms with Gasteiger partial charge in [-0.15, -0.1) is 11.8 Å². The van der Waals surface area contributed by atoms with E-state index in [9.17, 15) is 0 Å². The van der Waals surface area contributed by atoms with Gasteiger partial charge in [-0.3, -0.25) is 0 Å². The Morgan fingerprint density at radius 3 is 1.48 bits per heavy atom. The van der Waals surface area contributed by atoms with Crippen LogP contribution in [0.25, 0.3) is 139 Å². The van der Waals surface area contributed by atoms with Crippen LogP contribution in [-0.4, -0.2) is 33.4 Å². The van der Waals surface area contributed by atoms with E-state index < -0.39 is 0 Å². The Bertz CT molecular complexity index is 5000. The molecule has 0 saturated carbocycles. The lowest BCUT2D eigenvalue weighted by Crippen LogP contribution is -2.22. The molecule has 11 aromatic carbocycles. The fourth-order valence-electron chi connectivity index (χ4n) is 13.3. The third kappa shape index (κ3) is 7.05. The molecule has 81 heavy (non-hydrogen) atoms. The highest BCUT2D eigenvalue weighted by Gasteiger charge is 2.42. The Morgan fingerprint density at radius 2 is 0.864 bits per heavy atom. The first-order valence-electron chi connectivity index (χ1n) is 27.7. The van der Waals surface area contributed by atoms with E-state index in [0.717, 1.165) is 88.8 Å². The third-order valence-electron chi connectivity index (χ3n) is 17.0. The van der Waals surface area contributed by atoms with Crippen molar-refractivity contribution in [2.24, 2.45) is 0 Å². The molecule has 0 saturated heterocycles. The van der Waals surface area contributed by atoms with Gasteiger partial charge in [0.25, 0.3) is 0 Å². The minimum absolute atomic E-state index is 0.131. The van der Waals surface area contributed by atoms with Gasteiger partial charge in [0.2, 0.25) is 0 Å². The Balaban J connectivity index is 0.944. The van der Waals surface area contributed by atoms with Crippen LogP contribution in [0.3, 0.4) is 0 Å². The van der Waals surface area contributed by atoms with E-state index in [-0.39, 0.29) is 10.7 Å². The number of fused-ring (bicyclic) bond motifs is 13. The van der Waals surface area contributed by atoms with Crippen molar-refractivity contribution in [2.45, 2.75) is 22.5 Å². The van der Waals surface area contributed by atoms with Crippen molar-refractivity contribution in [3.8, 4) is 62.4 Å². The maximum atomic E-state index is 5.64. The van der Waals surface area contributed by atoms with Gasteiger partial charge in [-0.1, -0.05) is 182 Å². The molecule has 17 rings (SSSR count). The van der Waals surface area contributed by atoms with Crippen molar-refractivity contribution in [2.75, 3.05) is 0 Å². The van der Waals surface area contributed by atoms with Gasteiger partial charge in [-0.2, -0.15) is 0 Å². The van der Waals surface area contributed by atoms with Crippen molar-refractivity contribution >= 4 is 88.0 Å². The number of hydrogen-bond acceptors (Lipinski definition) is 4. The zero-order valence-corrected chi connectivity index (χ0v) is 44.9. The van der Waals surface area contributed by atoms with Crippen LogP contribution in [0.2, 0.25) is 0 Å². The molecule has 2 unspecified atom stereocenters. The normalized spacial score (nSPS) is 15.7. The number of aromatic nitrogens is 6. The highest BCUT2D eigenvalue weighted by molar-refractivity contribution is 8.01. The molecule has 4 aromatic heterocycles. The molecular formula is C74H48N6S. The zero-order valence-electron chi connectivity index (χ0n) is 44.1. The first kappa shape index (κ1) is 45.9. The second-order valence-corrected chi connectivity index (χ2v) is 23.2. The molecule has 15 aromatic rings. The van der Waals surface area contributed by atoms with Crippen molar-refractivity contribution in [1.82, 2.24) is 28.7 Å². The lowest BCUT2D eigenvalue weighted by atomic mass is 9.83. The van der Waals surface area contributed by atoms with Crippen LogP contribution in [0.5, 0.6) is 0 Å². The van der Waals surface area contributed by atoms with Crippen molar-refractivity contribution < 1.29 is 0 Å². The highest BCUT2D eigenvalue weighted by atomic mass is 32.2. The Morgan fingerprint density at radius 1 is 0.358 bits per heavy atom. The lowest BCUT2D eigenvalue weighted by molar-refractivity contribution is 0.702. The van der Waals surface area contributed by atoms with Crippen LogP contribution in [0.1, 0.15) is 18.4 Å². The summed E-state index contributed by atoms with van der Waals surface area (Å²) in [5.74, 6) is 2.02. The van der Waals surface area contributed by atoms with E-state index >= 15 is 0 Å². The van der Waals surface area contributed by atoms with Gasteiger partial charge in [-0.05, 0) is 119 Å². The van der Waals surface area contributed by atoms with Crippen LogP contribution in [-0.2, 0) is 0 Å². The summed E-state index contributed by atoms with van der Waals surface area (Å²) >= 11 is 1.96. The topological polar surface area (TPSA) is 53.5 Å². The van der Waals surface area contributed by atoms with Gasteiger partial charge in [0.15, 0.2) is 17.5 Å². The largest absolute Gasteiger partial charge is 0.309 e. The second-order valence-electron chi connectivity index (χ2n) is 21.7. The number of rotatable bonds is 7. The molecule has 380 valence electrons. The Kier molecular flexibility index (Phi) is 10.0. The fourth-order valence-corrected chi connectivity index (χ4v) is 14.8. The summed E-state index contributed by atoms with van der Waals surface area (Å²) < 4.78 is 7.03. The summed E-state index contributed by atoms with van der Waals surface area (Å²) in [7, 11) is 0. The van der Waals surface area contributed by atoms with Crippen LogP contribution >= 0.6 is 11.8 Å². The molecule has 7 heteroatoms. The summed E-state index contributed by atoms with van der Waals surface area (Å²) in [5, 5.41) is 9.58. The van der Waals surface area contributed by atoms with E-state index in [4.69, 9.17) is 15.0 Å². The summed E-state index contributed by atoms with van der Waals surface area (Å²) in [6.07, 6.45) is 9.15. The number of thioether (sulfide) groups is 1. The summed E-state index contributed by atoms with van der Waals surface area (Å²) in [6.45, 7) is 2.37. The van der Waals surface area contributed by atoms with E-state index in [1.165, 1.54) is 42.8 Å². The van der Waals surface area contributed by atoms with Crippen molar-refractivity contribution in [3.63, 3.8) is 0 Å². The molecule has 0 bridgehead atoms.